The normalized spacial score (nSPS) is 10.3. The topological polar surface area (TPSA) is 35.5 Å². The lowest BCUT2D eigenvalue weighted by Gasteiger charge is -2.12. The molecule has 110 valence electrons. The Morgan fingerprint density at radius 3 is 2.14 bits per heavy atom. The van der Waals surface area contributed by atoms with Gasteiger partial charge in [-0.1, -0.05) is 29.3 Å². The Balaban J connectivity index is 2.36. The Morgan fingerprint density at radius 2 is 1.62 bits per heavy atom. The van der Waals surface area contributed by atoms with Crippen molar-refractivity contribution in [3.63, 3.8) is 0 Å². The van der Waals surface area contributed by atoms with E-state index in [1.165, 1.54) is 24.8 Å². The van der Waals surface area contributed by atoms with Crippen LogP contribution in [-0.2, 0) is 4.74 Å². The van der Waals surface area contributed by atoms with E-state index >= 15 is 0 Å². The second-order valence-electron chi connectivity index (χ2n) is 4.61. The molecule has 0 saturated carbocycles. The van der Waals surface area contributed by atoms with Gasteiger partial charge in [0.1, 0.15) is 5.75 Å². The average molecular weight is 325 g/mol. The largest absolute Gasteiger partial charge is 0.465 e. The first kappa shape index (κ1) is 15.7. The van der Waals surface area contributed by atoms with Gasteiger partial charge in [-0.25, -0.2) is 4.79 Å². The molecule has 2 aromatic carbocycles. The maximum absolute atomic E-state index is 11.5. The van der Waals surface area contributed by atoms with Gasteiger partial charge < -0.3 is 9.47 Å². The summed E-state index contributed by atoms with van der Waals surface area (Å²) in [5, 5.41) is 0.502. The van der Waals surface area contributed by atoms with E-state index in [0.717, 1.165) is 5.56 Å². The van der Waals surface area contributed by atoms with Crippen molar-refractivity contribution in [1.29, 1.82) is 0 Å². The summed E-state index contributed by atoms with van der Waals surface area (Å²) in [6.45, 7) is 4.01. The van der Waals surface area contributed by atoms with Crippen LogP contribution in [0.25, 0.3) is 0 Å². The zero-order valence-corrected chi connectivity index (χ0v) is 13.4. The number of benzene rings is 2. The molecule has 0 saturated heterocycles. The summed E-state index contributed by atoms with van der Waals surface area (Å²) < 4.78 is 10.4. The van der Waals surface area contributed by atoms with Gasteiger partial charge in [-0.2, -0.15) is 0 Å². The lowest BCUT2D eigenvalue weighted by Crippen LogP contribution is -2.01. The first-order chi connectivity index (χ1) is 9.92. The van der Waals surface area contributed by atoms with Crippen LogP contribution in [0.1, 0.15) is 21.5 Å². The van der Waals surface area contributed by atoms with Crippen molar-refractivity contribution in [2.45, 2.75) is 13.8 Å². The Labute approximate surface area is 133 Å². The van der Waals surface area contributed by atoms with Crippen LogP contribution in [0.5, 0.6) is 11.5 Å². The molecule has 0 radical (unpaired) electrons. The minimum Gasteiger partial charge on any atom is -0.465 e. The maximum Gasteiger partial charge on any atom is 0.337 e. The fourth-order valence-electron chi connectivity index (χ4n) is 1.79. The molecule has 0 aromatic heterocycles. The van der Waals surface area contributed by atoms with Crippen LogP contribution >= 0.6 is 23.2 Å². The zero-order valence-electron chi connectivity index (χ0n) is 11.9. The van der Waals surface area contributed by atoms with E-state index in [1.807, 2.05) is 32.0 Å². The van der Waals surface area contributed by atoms with E-state index in [-0.39, 0.29) is 15.6 Å². The Bertz CT molecular complexity index is 673. The van der Waals surface area contributed by atoms with Crippen LogP contribution in [0.4, 0.5) is 0 Å². The van der Waals surface area contributed by atoms with E-state index in [4.69, 9.17) is 27.9 Å². The van der Waals surface area contributed by atoms with Gasteiger partial charge in [-0.3, -0.25) is 0 Å². The first-order valence-corrected chi connectivity index (χ1v) is 7.00. The van der Waals surface area contributed by atoms with Crippen LogP contribution in [-0.4, -0.2) is 13.1 Å². The number of aryl methyl sites for hydroxylation is 2. The summed E-state index contributed by atoms with van der Waals surface area (Å²) in [6.07, 6.45) is 0. The molecule has 0 aliphatic heterocycles. The second kappa shape index (κ2) is 6.37. The molecular formula is C16H14Cl2O3. The quantitative estimate of drug-likeness (QED) is 0.729. The molecule has 0 spiro atoms. The molecule has 0 atom stereocenters. The number of esters is 1. The highest BCUT2D eigenvalue weighted by molar-refractivity contribution is 6.37. The number of carbonyl (C=O) groups is 1. The van der Waals surface area contributed by atoms with Crippen molar-refractivity contribution >= 4 is 29.2 Å². The predicted octanol–water partition coefficient (Wildman–Crippen LogP) is 5.19. The highest BCUT2D eigenvalue weighted by Gasteiger charge is 2.15. The SMILES string of the molecule is COC(=O)c1cc(Cl)c(Oc2ccc(C)c(C)c2)c(Cl)c1. The van der Waals surface area contributed by atoms with Crippen LogP contribution in [0, 0.1) is 13.8 Å². The standard InChI is InChI=1S/C16H14Cl2O3/c1-9-4-5-12(6-10(9)2)21-15-13(17)7-11(8-14(15)18)16(19)20-3/h4-8H,1-3H3. The summed E-state index contributed by atoms with van der Waals surface area (Å²) in [5.74, 6) is 0.443. The van der Waals surface area contributed by atoms with Gasteiger partial charge in [-0.05, 0) is 49.2 Å². The van der Waals surface area contributed by atoms with Gasteiger partial charge in [-0.15, -0.1) is 0 Å². The molecule has 0 N–H and O–H groups in total. The number of ether oxygens (including phenoxy) is 2. The van der Waals surface area contributed by atoms with Gasteiger partial charge in [0.2, 0.25) is 0 Å². The number of carbonyl (C=O) groups excluding carboxylic acids is 1. The molecule has 0 heterocycles. The Kier molecular flexibility index (Phi) is 4.76. The van der Waals surface area contributed by atoms with Crippen LogP contribution in [0.15, 0.2) is 30.3 Å². The molecule has 0 unspecified atom stereocenters. The van der Waals surface area contributed by atoms with Crippen molar-refractivity contribution < 1.29 is 14.3 Å². The van der Waals surface area contributed by atoms with Crippen LogP contribution in [0.3, 0.4) is 0 Å². The van der Waals surface area contributed by atoms with Crippen molar-refractivity contribution in [3.8, 4) is 11.5 Å². The highest BCUT2D eigenvalue weighted by Crippen LogP contribution is 2.37. The molecule has 3 nitrogen and oxygen atoms in total. The van der Waals surface area contributed by atoms with Gasteiger partial charge in [0.05, 0.1) is 22.7 Å². The predicted molar refractivity (Wildman–Crippen MR) is 83.8 cm³/mol. The first-order valence-electron chi connectivity index (χ1n) is 6.25. The number of hydrogen-bond acceptors (Lipinski definition) is 3. The molecule has 2 rings (SSSR count). The molecule has 21 heavy (non-hydrogen) atoms. The number of methoxy groups -OCH3 is 1. The van der Waals surface area contributed by atoms with Gasteiger partial charge in [0, 0.05) is 0 Å². The fourth-order valence-corrected chi connectivity index (χ4v) is 2.35. The van der Waals surface area contributed by atoms with Crippen molar-refractivity contribution in [3.05, 3.63) is 57.1 Å². The minimum absolute atomic E-state index is 0.251. The summed E-state index contributed by atoms with van der Waals surface area (Å²) in [6, 6.07) is 8.63. The number of halogens is 2. The lowest BCUT2D eigenvalue weighted by atomic mass is 10.1. The minimum atomic E-state index is -0.503. The summed E-state index contributed by atoms with van der Waals surface area (Å²) in [5.41, 5.74) is 2.55. The molecular weight excluding hydrogens is 311 g/mol. The van der Waals surface area contributed by atoms with Gasteiger partial charge in [0.15, 0.2) is 5.75 Å². The molecule has 0 aliphatic rings. The van der Waals surface area contributed by atoms with Crippen molar-refractivity contribution in [2.75, 3.05) is 7.11 Å². The van der Waals surface area contributed by atoms with E-state index < -0.39 is 5.97 Å². The molecule has 2 aromatic rings. The van der Waals surface area contributed by atoms with Gasteiger partial charge >= 0.3 is 5.97 Å². The summed E-state index contributed by atoms with van der Waals surface area (Å²) in [4.78, 5) is 11.5. The lowest BCUT2D eigenvalue weighted by molar-refractivity contribution is 0.0600. The van der Waals surface area contributed by atoms with E-state index in [9.17, 15) is 4.79 Å². The van der Waals surface area contributed by atoms with Crippen molar-refractivity contribution in [2.24, 2.45) is 0 Å². The Hall–Kier alpha value is -1.71. The highest BCUT2D eigenvalue weighted by atomic mass is 35.5. The second-order valence-corrected chi connectivity index (χ2v) is 5.42. The molecule has 0 amide bonds. The van der Waals surface area contributed by atoms with E-state index in [0.29, 0.717) is 11.5 Å². The third kappa shape index (κ3) is 3.49. The molecule has 0 bridgehead atoms. The van der Waals surface area contributed by atoms with Crippen LogP contribution in [0.2, 0.25) is 10.0 Å². The van der Waals surface area contributed by atoms with E-state index in [1.54, 1.807) is 0 Å². The number of rotatable bonds is 3. The summed E-state index contributed by atoms with van der Waals surface area (Å²) in [7, 11) is 1.30. The molecule has 0 aliphatic carbocycles. The third-order valence-corrected chi connectivity index (χ3v) is 3.68. The van der Waals surface area contributed by atoms with Gasteiger partial charge in [0.25, 0.3) is 0 Å². The molecule has 5 heteroatoms. The van der Waals surface area contributed by atoms with E-state index in [2.05, 4.69) is 4.74 Å². The smallest absolute Gasteiger partial charge is 0.337 e. The average Bonchev–Trinajstić information content (AvgIpc) is 2.45. The number of hydrogen-bond donors (Lipinski definition) is 0. The molecule has 0 fully saturated rings. The third-order valence-electron chi connectivity index (χ3n) is 3.12. The zero-order chi connectivity index (χ0) is 15.6. The van der Waals surface area contributed by atoms with Crippen molar-refractivity contribution in [1.82, 2.24) is 0 Å². The monoisotopic (exact) mass is 324 g/mol. The summed E-state index contributed by atoms with van der Waals surface area (Å²) >= 11 is 12.3. The Morgan fingerprint density at radius 1 is 1.00 bits per heavy atom. The fraction of sp³-hybridized carbons (Fsp3) is 0.188. The maximum atomic E-state index is 11.5. The van der Waals surface area contributed by atoms with Crippen LogP contribution < -0.4 is 4.74 Å².